The Morgan fingerprint density at radius 3 is 2.59 bits per heavy atom. The lowest BCUT2D eigenvalue weighted by Crippen LogP contribution is -2.40. The van der Waals surface area contributed by atoms with Crippen molar-refractivity contribution in [1.29, 1.82) is 0 Å². The number of amides is 1. The number of carbonyl (C=O) groups is 2. The van der Waals surface area contributed by atoms with E-state index in [4.69, 9.17) is 5.11 Å². The first-order chi connectivity index (χ1) is 10.4. The van der Waals surface area contributed by atoms with Gasteiger partial charge in [-0.2, -0.15) is 5.10 Å². The van der Waals surface area contributed by atoms with Gasteiger partial charge in [0.05, 0.1) is 11.6 Å². The van der Waals surface area contributed by atoms with Gasteiger partial charge in [0.25, 0.3) is 5.91 Å². The standard InChI is InChI=1S/C15H18N4O3/c1-9-6-12(4-5-13(9)19-8-16-7-17-19)14(20)18-11(3)10(2)15(21)22/h4-8,10-11H,1-3H3,(H,18,20)(H,21,22). The van der Waals surface area contributed by atoms with E-state index in [9.17, 15) is 9.59 Å². The Hall–Kier alpha value is -2.70. The number of carbonyl (C=O) groups excluding carboxylic acids is 1. The molecule has 0 aliphatic rings. The molecule has 7 heteroatoms. The Kier molecular flexibility index (Phi) is 4.55. The van der Waals surface area contributed by atoms with Crippen LogP contribution in [-0.4, -0.2) is 37.8 Å². The van der Waals surface area contributed by atoms with Crippen molar-refractivity contribution in [2.24, 2.45) is 5.92 Å². The molecule has 2 rings (SSSR count). The fourth-order valence-electron chi connectivity index (χ4n) is 2.02. The maximum absolute atomic E-state index is 12.2. The number of nitrogens with one attached hydrogen (secondary N) is 1. The second-order valence-corrected chi connectivity index (χ2v) is 5.23. The SMILES string of the molecule is Cc1cc(C(=O)NC(C)C(C)C(=O)O)ccc1-n1cncn1. The van der Waals surface area contributed by atoms with Crippen molar-refractivity contribution in [2.75, 3.05) is 0 Å². The molecular formula is C15H18N4O3. The number of carboxylic acids is 1. The zero-order valence-corrected chi connectivity index (χ0v) is 12.6. The van der Waals surface area contributed by atoms with Crippen molar-refractivity contribution >= 4 is 11.9 Å². The number of hydrogen-bond acceptors (Lipinski definition) is 4. The summed E-state index contributed by atoms with van der Waals surface area (Å²) in [4.78, 5) is 27.0. The second kappa shape index (κ2) is 6.38. The molecule has 0 spiro atoms. The first-order valence-electron chi connectivity index (χ1n) is 6.89. The summed E-state index contributed by atoms with van der Waals surface area (Å²) in [5, 5.41) is 15.7. The molecule has 2 atom stereocenters. The van der Waals surface area contributed by atoms with Gasteiger partial charge in [0.15, 0.2) is 0 Å². The fourth-order valence-corrected chi connectivity index (χ4v) is 2.02. The molecule has 0 aliphatic heterocycles. The van der Waals surface area contributed by atoms with E-state index in [1.165, 1.54) is 6.33 Å². The summed E-state index contributed by atoms with van der Waals surface area (Å²) in [7, 11) is 0. The van der Waals surface area contributed by atoms with E-state index in [1.54, 1.807) is 43.1 Å². The van der Waals surface area contributed by atoms with Crippen molar-refractivity contribution in [2.45, 2.75) is 26.8 Å². The number of benzene rings is 1. The molecule has 0 saturated carbocycles. The molecule has 2 unspecified atom stereocenters. The number of aliphatic carboxylic acids is 1. The molecule has 1 aromatic carbocycles. The molecule has 1 aromatic heterocycles. The van der Waals surface area contributed by atoms with E-state index in [-0.39, 0.29) is 5.91 Å². The van der Waals surface area contributed by atoms with Crippen LogP contribution in [0.5, 0.6) is 0 Å². The summed E-state index contributed by atoms with van der Waals surface area (Å²) >= 11 is 0. The maximum Gasteiger partial charge on any atom is 0.308 e. The monoisotopic (exact) mass is 302 g/mol. The van der Waals surface area contributed by atoms with Crippen molar-refractivity contribution in [1.82, 2.24) is 20.1 Å². The zero-order valence-electron chi connectivity index (χ0n) is 12.6. The Balaban J connectivity index is 2.15. The highest BCUT2D eigenvalue weighted by molar-refractivity contribution is 5.95. The summed E-state index contributed by atoms with van der Waals surface area (Å²) in [5.74, 6) is -1.89. The highest BCUT2D eigenvalue weighted by Crippen LogP contribution is 2.15. The summed E-state index contributed by atoms with van der Waals surface area (Å²) in [6.45, 7) is 5.11. The van der Waals surface area contributed by atoms with E-state index < -0.39 is 17.9 Å². The van der Waals surface area contributed by atoms with Gasteiger partial charge in [-0.1, -0.05) is 0 Å². The van der Waals surface area contributed by atoms with E-state index >= 15 is 0 Å². The number of carboxylic acid groups (broad SMARTS) is 1. The lowest BCUT2D eigenvalue weighted by atomic mass is 10.0. The molecule has 0 aliphatic carbocycles. The second-order valence-electron chi connectivity index (χ2n) is 5.23. The minimum atomic E-state index is -0.939. The van der Waals surface area contributed by atoms with Crippen LogP contribution in [0.15, 0.2) is 30.9 Å². The molecule has 7 nitrogen and oxygen atoms in total. The van der Waals surface area contributed by atoms with Crippen LogP contribution in [0.4, 0.5) is 0 Å². The van der Waals surface area contributed by atoms with Crippen LogP contribution < -0.4 is 5.32 Å². The number of rotatable bonds is 5. The predicted molar refractivity (Wildman–Crippen MR) is 79.8 cm³/mol. The third-order valence-corrected chi connectivity index (χ3v) is 3.62. The molecule has 2 aromatic rings. The largest absolute Gasteiger partial charge is 0.481 e. The average Bonchev–Trinajstić information content (AvgIpc) is 2.99. The highest BCUT2D eigenvalue weighted by atomic mass is 16.4. The van der Waals surface area contributed by atoms with Crippen molar-refractivity contribution in [3.63, 3.8) is 0 Å². The minimum Gasteiger partial charge on any atom is -0.481 e. The van der Waals surface area contributed by atoms with Gasteiger partial charge in [-0.05, 0) is 44.5 Å². The fraction of sp³-hybridized carbons (Fsp3) is 0.333. The predicted octanol–water partition coefficient (Wildman–Crippen LogP) is 1.41. The Bertz CT molecular complexity index is 682. The van der Waals surface area contributed by atoms with Gasteiger partial charge in [0.1, 0.15) is 12.7 Å². The molecule has 1 amide bonds. The van der Waals surface area contributed by atoms with Gasteiger partial charge in [0, 0.05) is 11.6 Å². The normalized spacial score (nSPS) is 13.4. The van der Waals surface area contributed by atoms with E-state index in [0.29, 0.717) is 5.56 Å². The van der Waals surface area contributed by atoms with Crippen LogP contribution in [0.25, 0.3) is 5.69 Å². The van der Waals surface area contributed by atoms with Crippen LogP contribution >= 0.6 is 0 Å². The van der Waals surface area contributed by atoms with Crippen LogP contribution in [0, 0.1) is 12.8 Å². The third kappa shape index (κ3) is 3.30. The van der Waals surface area contributed by atoms with Crippen LogP contribution in [-0.2, 0) is 4.79 Å². The summed E-state index contributed by atoms with van der Waals surface area (Å²) in [6.07, 6.45) is 3.02. The molecule has 0 radical (unpaired) electrons. The Labute approximate surface area is 128 Å². The van der Waals surface area contributed by atoms with Crippen molar-refractivity contribution in [3.05, 3.63) is 42.0 Å². The summed E-state index contributed by atoms with van der Waals surface area (Å²) in [6, 6.07) is 4.74. The van der Waals surface area contributed by atoms with Gasteiger partial charge < -0.3 is 10.4 Å². The number of aryl methyl sites for hydroxylation is 1. The minimum absolute atomic E-state index is 0.297. The third-order valence-electron chi connectivity index (χ3n) is 3.62. The van der Waals surface area contributed by atoms with E-state index in [1.807, 2.05) is 6.92 Å². The maximum atomic E-state index is 12.2. The molecule has 1 heterocycles. The smallest absolute Gasteiger partial charge is 0.308 e. The van der Waals surface area contributed by atoms with Crippen LogP contribution in [0.2, 0.25) is 0 Å². The summed E-state index contributed by atoms with van der Waals surface area (Å²) < 4.78 is 1.62. The topological polar surface area (TPSA) is 97.1 Å². The number of hydrogen-bond donors (Lipinski definition) is 2. The van der Waals surface area contributed by atoms with Gasteiger partial charge in [0.2, 0.25) is 0 Å². The molecule has 22 heavy (non-hydrogen) atoms. The van der Waals surface area contributed by atoms with Gasteiger partial charge >= 0.3 is 5.97 Å². The molecule has 0 fully saturated rings. The highest BCUT2D eigenvalue weighted by Gasteiger charge is 2.21. The lowest BCUT2D eigenvalue weighted by molar-refractivity contribution is -0.141. The van der Waals surface area contributed by atoms with Crippen LogP contribution in [0.1, 0.15) is 29.8 Å². The van der Waals surface area contributed by atoms with Gasteiger partial charge in [-0.25, -0.2) is 9.67 Å². The number of nitrogens with zero attached hydrogens (tertiary/aromatic N) is 3. The van der Waals surface area contributed by atoms with Crippen LogP contribution in [0.3, 0.4) is 0 Å². The quantitative estimate of drug-likeness (QED) is 0.870. The number of aromatic nitrogens is 3. The molecule has 0 bridgehead atoms. The summed E-state index contributed by atoms with van der Waals surface area (Å²) in [5.41, 5.74) is 2.18. The van der Waals surface area contributed by atoms with Crippen molar-refractivity contribution in [3.8, 4) is 5.69 Å². The van der Waals surface area contributed by atoms with E-state index in [0.717, 1.165) is 11.3 Å². The zero-order chi connectivity index (χ0) is 16.3. The average molecular weight is 302 g/mol. The van der Waals surface area contributed by atoms with Gasteiger partial charge in [-0.15, -0.1) is 0 Å². The molecule has 116 valence electrons. The molecule has 0 saturated heterocycles. The van der Waals surface area contributed by atoms with Gasteiger partial charge in [-0.3, -0.25) is 9.59 Å². The Morgan fingerprint density at radius 1 is 1.32 bits per heavy atom. The first kappa shape index (κ1) is 15.7. The molecular weight excluding hydrogens is 284 g/mol. The first-order valence-corrected chi connectivity index (χ1v) is 6.89. The molecule has 2 N–H and O–H groups in total. The van der Waals surface area contributed by atoms with Crippen molar-refractivity contribution < 1.29 is 14.7 Å². The Morgan fingerprint density at radius 2 is 2.05 bits per heavy atom. The lowest BCUT2D eigenvalue weighted by Gasteiger charge is -2.18. The van der Waals surface area contributed by atoms with E-state index in [2.05, 4.69) is 15.4 Å².